The molecule has 7 heteroatoms. The predicted octanol–water partition coefficient (Wildman–Crippen LogP) is 4.19. The molecule has 1 atom stereocenters. The first-order chi connectivity index (χ1) is 13.2. The molecule has 1 amide bonds. The Bertz CT molecular complexity index is 879. The minimum Gasteiger partial charge on any atom is -0.350 e. The van der Waals surface area contributed by atoms with E-state index >= 15 is 0 Å². The van der Waals surface area contributed by atoms with Crippen molar-refractivity contribution in [3.8, 4) is 0 Å². The lowest BCUT2D eigenvalue weighted by atomic mass is 10.1. The van der Waals surface area contributed by atoms with Gasteiger partial charge in [0.05, 0.1) is 10.9 Å². The van der Waals surface area contributed by atoms with Gasteiger partial charge in [-0.3, -0.25) is 4.79 Å². The maximum absolute atomic E-state index is 12.2. The van der Waals surface area contributed by atoms with Crippen LogP contribution in [0.15, 0.2) is 57.9 Å². The van der Waals surface area contributed by atoms with E-state index < -0.39 is 10.0 Å². The van der Waals surface area contributed by atoms with Crippen molar-refractivity contribution >= 4 is 31.9 Å². The first-order valence-electron chi connectivity index (χ1n) is 9.31. The number of carbonyl (C=O) groups is 1. The number of hydrogen-bond donors (Lipinski definition) is 2. The highest BCUT2D eigenvalue weighted by molar-refractivity contribution is 9.10. The number of carbonyl (C=O) groups excluding carboxylic acids is 1. The van der Waals surface area contributed by atoms with Crippen LogP contribution >= 0.6 is 15.9 Å². The summed E-state index contributed by atoms with van der Waals surface area (Å²) in [6, 6.07) is 14.5. The Kier molecular flexibility index (Phi) is 8.22. The SMILES string of the molecule is CC(C)CNS(=O)(=O)c1ccc(CCC(=O)N[C@H](C)c2ccc(Br)cc2)cc1. The molecule has 0 fully saturated rings. The van der Waals surface area contributed by atoms with Crippen LogP contribution in [-0.4, -0.2) is 20.9 Å². The molecule has 5 nitrogen and oxygen atoms in total. The Labute approximate surface area is 176 Å². The molecule has 0 aliphatic carbocycles. The number of amides is 1. The van der Waals surface area contributed by atoms with Crippen LogP contribution in [-0.2, 0) is 21.2 Å². The zero-order valence-corrected chi connectivity index (χ0v) is 18.8. The lowest BCUT2D eigenvalue weighted by Gasteiger charge is -2.14. The molecule has 152 valence electrons. The zero-order valence-electron chi connectivity index (χ0n) is 16.4. The third kappa shape index (κ3) is 7.04. The van der Waals surface area contributed by atoms with Crippen molar-refractivity contribution in [2.75, 3.05) is 6.54 Å². The van der Waals surface area contributed by atoms with Crippen molar-refractivity contribution in [1.29, 1.82) is 0 Å². The van der Waals surface area contributed by atoms with Gasteiger partial charge in [0, 0.05) is 17.4 Å². The molecular weight excluding hydrogens is 440 g/mol. The number of sulfonamides is 1. The van der Waals surface area contributed by atoms with Gasteiger partial charge in [-0.1, -0.05) is 54.0 Å². The zero-order chi connectivity index (χ0) is 20.7. The lowest BCUT2D eigenvalue weighted by molar-refractivity contribution is -0.121. The molecule has 0 saturated heterocycles. The third-order valence-electron chi connectivity index (χ3n) is 4.30. The summed E-state index contributed by atoms with van der Waals surface area (Å²) < 4.78 is 28.0. The standard InChI is InChI=1S/C21H27BrN2O3S/c1-15(2)14-23-28(26,27)20-11-4-17(5-12-20)6-13-21(25)24-16(3)18-7-9-19(22)10-8-18/h4-5,7-12,15-16,23H,6,13-14H2,1-3H3,(H,24,25)/t16-/m1/s1. The maximum atomic E-state index is 12.2. The third-order valence-corrected chi connectivity index (χ3v) is 6.27. The normalized spacial score (nSPS) is 12.8. The topological polar surface area (TPSA) is 75.3 Å². The van der Waals surface area contributed by atoms with Crippen LogP contribution in [0.2, 0.25) is 0 Å². The van der Waals surface area contributed by atoms with Crippen LogP contribution in [0.1, 0.15) is 44.4 Å². The molecule has 2 N–H and O–H groups in total. The van der Waals surface area contributed by atoms with Crippen LogP contribution in [0.25, 0.3) is 0 Å². The van der Waals surface area contributed by atoms with E-state index in [1.54, 1.807) is 24.3 Å². The molecule has 0 aliphatic heterocycles. The fourth-order valence-electron chi connectivity index (χ4n) is 2.60. The highest BCUT2D eigenvalue weighted by Crippen LogP contribution is 2.17. The molecule has 2 aromatic carbocycles. The van der Waals surface area contributed by atoms with E-state index in [9.17, 15) is 13.2 Å². The average molecular weight is 467 g/mol. The summed E-state index contributed by atoms with van der Waals surface area (Å²) in [6.45, 7) is 6.26. The van der Waals surface area contributed by atoms with E-state index in [1.165, 1.54) is 0 Å². The van der Waals surface area contributed by atoms with E-state index in [2.05, 4.69) is 26.0 Å². The van der Waals surface area contributed by atoms with Gasteiger partial charge >= 0.3 is 0 Å². The molecule has 2 aromatic rings. The minimum atomic E-state index is -3.49. The summed E-state index contributed by atoms with van der Waals surface area (Å²) >= 11 is 3.40. The fraction of sp³-hybridized carbons (Fsp3) is 0.381. The van der Waals surface area contributed by atoms with Gasteiger partial charge in [0.1, 0.15) is 0 Å². The summed E-state index contributed by atoms with van der Waals surface area (Å²) in [7, 11) is -3.49. The van der Waals surface area contributed by atoms with Crippen LogP contribution in [0.5, 0.6) is 0 Å². The number of benzene rings is 2. The fourth-order valence-corrected chi connectivity index (χ4v) is 4.08. The molecule has 0 aliphatic rings. The highest BCUT2D eigenvalue weighted by atomic mass is 79.9. The van der Waals surface area contributed by atoms with E-state index in [0.29, 0.717) is 19.4 Å². The van der Waals surface area contributed by atoms with Crippen molar-refractivity contribution in [3.05, 3.63) is 64.1 Å². The van der Waals surface area contributed by atoms with Gasteiger partial charge in [0.15, 0.2) is 0 Å². The lowest BCUT2D eigenvalue weighted by Crippen LogP contribution is -2.27. The van der Waals surface area contributed by atoms with Crippen molar-refractivity contribution in [3.63, 3.8) is 0 Å². The summed E-state index contributed by atoms with van der Waals surface area (Å²) in [5.74, 6) is 0.207. The Balaban J connectivity index is 1.87. The van der Waals surface area contributed by atoms with Gasteiger partial charge in [-0.05, 0) is 54.7 Å². The predicted molar refractivity (Wildman–Crippen MR) is 115 cm³/mol. The highest BCUT2D eigenvalue weighted by Gasteiger charge is 2.14. The largest absolute Gasteiger partial charge is 0.350 e. The van der Waals surface area contributed by atoms with Crippen molar-refractivity contribution in [1.82, 2.24) is 10.0 Å². The molecular formula is C21H27BrN2O3S. The Morgan fingerprint density at radius 2 is 1.61 bits per heavy atom. The molecule has 0 aromatic heterocycles. The number of rotatable bonds is 9. The summed E-state index contributed by atoms with van der Waals surface area (Å²) in [4.78, 5) is 12.5. The van der Waals surface area contributed by atoms with E-state index in [1.807, 2.05) is 45.0 Å². The molecule has 0 heterocycles. The first-order valence-corrected chi connectivity index (χ1v) is 11.6. The van der Waals surface area contributed by atoms with Gasteiger partial charge in [0.2, 0.25) is 15.9 Å². The molecule has 0 spiro atoms. The smallest absolute Gasteiger partial charge is 0.240 e. The van der Waals surface area contributed by atoms with Crippen molar-refractivity contribution in [2.45, 2.75) is 44.6 Å². The van der Waals surface area contributed by atoms with E-state index in [-0.39, 0.29) is 22.8 Å². The van der Waals surface area contributed by atoms with Gasteiger partial charge in [-0.15, -0.1) is 0 Å². The summed E-state index contributed by atoms with van der Waals surface area (Å²) in [5, 5.41) is 2.99. The second-order valence-corrected chi connectivity index (χ2v) is 9.91. The molecule has 2 rings (SSSR count). The van der Waals surface area contributed by atoms with Gasteiger partial charge in [0.25, 0.3) is 0 Å². The number of halogens is 1. The molecule has 28 heavy (non-hydrogen) atoms. The van der Waals surface area contributed by atoms with Crippen LogP contribution < -0.4 is 10.0 Å². The second-order valence-electron chi connectivity index (χ2n) is 7.23. The van der Waals surface area contributed by atoms with Gasteiger partial charge in [-0.2, -0.15) is 0 Å². The van der Waals surface area contributed by atoms with Gasteiger partial charge in [-0.25, -0.2) is 13.1 Å². The van der Waals surface area contributed by atoms with Crippen LogP contribution in [0.4, 0.5) is 0 Å². The average Bonchev–Trinajstić information content (AvgIpc) is 2.65. The quantitative estimate of drug-likeness (QED) is 0.581. The summed E-state index contributed by atoms with van der Waals surface area (Å²) in [5.41, 5.74) is 1.97. The molecule has 0 bridgehead atoms. The number of nitrogens with one attached hydrogen (secondary N) is 2. The van der Waals surface area contributed by atoms with Crippen LogP contribution in [0.3, 0.4) is 0 Å². The first kappa shape index (κ1) is 22.6. The minimum absolute atomic E-state index is 0.0364. The Morgan fingerprint density at radius 1 is 1.00 bits per heavy atom. The summed E-state index contributed by atoms with van der Waals surface area (Å²) in [6.07, 6.45) is 0.900. The molecule has 0 unspecified atom stereocenters. The van der Waals surface area contributed by atoms with Crippen molar-refractivity contribution in [2.24, 2.45) is 5.92 Å². The second kappa shape index (κ2) is 10.2. The van der Waals surface area contributed by atoms with E-state index in [4.69, 9.17) is 0 Å². The maximum Gasteiger partial charge on any atom is 0.240 e. The van der Waals surface area contributed by atoms with E-state index in [0.717, 1.165) is 15.6 Å². The number of aryl methyl sites for hydroxylation is 1. The van der Waals surface area contributed by atoms with Crippen LogP contribution in [0, 0.1) is 5.92 Å². The Morgan fingerprint density at radius 3 is 2.18 bits per heavy atom. The number of hydrogen-bond acceptors (Lipinski definition) is 3. The molecule has 0 radical (unpaired) electrons. The monoisotopic (exact) mass is 466 g/mol. The van der Waals surface area contributed by atoms with Crippen molar-refractivity contribution < 1.29 is 13.2 Å². The molecule has 0 saturated carbocycles. The Hall–Kier alpha value is -1.70. The van der Waals surface area contributed by atoms with Gasteiger partial charge < -0.3 is 5.32 Å².